The number of hydrogen-bond donors (Lipinski definition) is 1. The summed E-state index contributed by atoms with van der Waals surface area (Å²) in [5.74, 6) is 0.934. The first-order chi connectivity index (χ1) is 12.7. The molecule has 0 unspecified atom stereocenters. The highest BCUT2D eigenvalue weighted by Crippen LogP contribution is 2.27. The molecule has 134 valence electrons. The third-order valence-corrected chi connectivity index (χ3v) is 5.33. The summed E-state index contributed by atoms with van der Waals surface area (Å²) in [6.07, 6.45) is 5.54. The van der Waals surface area contributed by atoms with Crippen LogP contribution in [0.2, 0.25) is 0 Å². The molecule has 1 fully saturated rings. The summed E-state index contributed by atoms with van der Waals surface area (Å²) < 4.78 is 1.98. The number of rotatable bonds is 4. The average molecular weight is 347 g/mol. The molecule has 1 heterocycles. The van der Waals surface area contributed by atoms with E-state index in [0.29, 0.717) is 12.4 Å². The van der Waals surface area contributed by atoms with Crippen molar-refractivity contribution >= 4 is 22.6 Å². The van der Waals surface area contributed by atoms with E-state index in [1.54, 1.807) is 0 Å². The van der Waals surface area contributed by atoms with E-state index in [9.17, 15) is 4.79 Å². The van der Waals surface area contributed by atoms with Crippen molar-refractivity contribution < 1.29 is 4.79 Å². The predicted molar refractivity (Wildman–Crippen MR) is 105 cm³/mol. The summed E-state index contributed by atoms with van der Waals surface area (Å²) in [4.78, 5) is 12.7. The van der Waals surface area contributed by atoms with Crippen LogP contribution in [0.1, 0.15) is 43.2 Å². The Balaban J connectivity index is 1.61. The number of fused-ring (bicyclic) bond motifs is 1. The zero-order valence-electron chi connectivity index (χ0n) is 15.2. The molecule has 0 spiro atoms. The first kappa shape index (κ1) is 16.8. The fraction of sp³-hybridized carbons (Fsp3) is 0.364. The molecule has 4 nitrogen and oxygen atoms in total. The van der Waals surface area contributed by atoms with Gasteiger partial charge < -0.3 is 5.32 Å². The Hall–Kier alpha value is -2.62. The van der Waals surface area contributed by atoms with Gasteiger partial charge in [-0.1, -0.05) is 61.2 Å². The lowest BCUT2D eigenvalue weighted by molar-refractivity contribution is -0.120. The molecule has 2 aromatic carbocycles. The lowest BCUT2D eigenvalue weighted by atomic mass is 9.89. The van der Waals surface area contributed by atoms with Crippen LogP contribution in [0.4, 0.5) is 5.82 Å². The number of carbonyl (C=O) groups excluding carboxylic acids is 1. The smallest absolute Gasteiger partial charge is 0.228 e. The van der Waals surface area contributed by atoms with Crippen LogP contribution < -0.4 is 5.32 Å². The van der Waals surface area contributed by atoms with Gasteiger partial charge >= 0.3 is 0 Å². The number of para-hydroxylation sites is 1. The van der Waals surface area contributed by atoms with Gasteiger partial charge in [-0.2, -0.15) is 5.10 Å². The molecule has 1 aliphatic carbocycles. The minimum Gasteiger partial charge on any atom is -0.308 e. The van der Waals surface area contributed by atoms with Gasteiger partial charge in [0.25, 0.3) is 0 Å². The highest BCUT2D eigenvalue weighted by atomic mass is 16.2. The molecule has 0 atom stereocenters. The molecular weight excluding hydrogens is 322 g/mol. The second kappa shape index (κ2) is 7.32. The Morgan fingerprint density at radius 2 is 1.81 bits per heavy atom. The quantitative estimate of drug-likeness (QED) is 0.729. The van der Waals surface area contributed by atoms with Crippen molar-refractivity contribution in [1.82, 2.24) is 9.78 Å². The number of benzene rings is 2. The van der Waals surface area contributed by atoms with Crippen LogP contribution in [0.15, 0.2) is 48.5 Å². The Bertz CT molecular complexity index is 905. The van der Waals surface area contributed by atoms with Gasteiger partial charge in [-0.25, -0.2) is 0 Å². The number of aryl methyl sites for hydroxylation is 1. The zero-order chi connectivity index (χ0) is 17.9. The third kappa shape index (κ3) is 3.50. The highest BCUT2D eigenvalue weighted by Gasteiger charge is 2.22. The fourth-order valence-electron chi connectivity index (χ4n) is 3.79. The third-order valence-electron chi connectivity index (χ3n) is 5.33. The van der Waals surface area contributed by atoms with E-state index >= 15 is 0 Å². The van der Waals surface area contributed by atoms with E-state index in [1.807, 2.05) is 22.9 Å². The lowest BCUT2D eigenvalue weighted by Gasteiger charge is -2.20. The number of hydrogen-bond acceptors (Lipinski definition) is 2. The second-order valence-corrected chi connectivity index (χ2v) is 7.33. The number of anilines is 1. The van der Waals surface area contributed by atoms with Gasteiger partial charge in [-0.15, -0.1) is 0 Å². The second-order valence-electron chi connectivity index (χ2n) is 7.33. The molecule has 0 aliphatic heterocycles. The molecule has 26 heavy (non-hydrogen) atoms. The van der Waals surface area contributed by atoms with Gasteiger partial charge in [0.1, 0.15) is 0 Å². The molecule has 1 saturated carbocycles. The first-order valence-corrected chi connectivity index (χ1v) is 9.53. The summed E-state index contributed by atoms with van der Waals surface area (Å²) in [5, 5.41) is 8.83. The molecule has 3 aromatic rings. The SMILES string of the molecule is Cc1ccc(Cn2nc(NC(=O)C3CCCCC3)c3ccccc32)cc1. The molecule has 4 heteroatoms. The summed E-state index contributed by atoms with van der Waals surface area (Å²) in [6, 6.07) is 16.6. The Kier molecular flexibility index (Phi) is 4.74. The van der Waals surface area contributed by atoms with Crippen molar-refractivity contribution in [3.8, 4) is 0 Å². The minimum absolute atomic E-state index is 0.121. The topological polar surface area (TPSA) is 46.9 Å². The van der Waals surface area contributed by atoms with Crippen molar-refractivity contribution in [1.29, 1.82) is 0 Å². The monoisotopic (exact) mass is 347 g/mol. The number of nitrogens with zero attached hydrogens (tertiary/aromatic N) is 2. The van der Waals surface area contributed by atoms with Crippen LogP contribution in [-0.4, -0.2) is 15.7 Å². The van der Waals surface area contributed by atoms with E-state index in [2.05, 4.69) is 42.6 Å². The Morgan fingerprint density at radius 3 is 2.58 bits per heavy atom. The van der Waals surface area contributed by atoms with Gasteiger partial charge in [0.05, 0.1) is 12.1 Å². The normalized spacial score (nSPS) is 15.3. The van der Waals surface area contributed by atoms with Crippen LogP contribution in [0.5, 0.6) is 0 Å². The van der Waals surface area contributed by atoms with Crippen LogP contribution in [0.3, 0.4) is 0 Å². The van der Waals surface area contributed by atoms with Crippen molar-refractivity contribution in [2.75, 3.05) is 5.32 Å². The molecule has 1 aromatic heterocycles. The van der Waals surface area contributed by atoms with Crippen molar-refractivity contribution in [3.63, 3.8) is 0 Å². The van der Waals surface area contributed by atoms with E-state index in [4.69, 9.17) is 5.10 Å². The first-order valence-electron chi connectivity index (χ1n) is 9.53. The van der Waals surface area contributed by atoms with Gasteiger partial charge in [0, 0.05) is 11.3 Å². The summed E-state index contributed by atoms with van der Waals surface area (Å²) >= 11 is 0. The van der Waals surface area contributed by atoms with Crippen molar-refractivity contribution in [2.45, 2.75) is 45.6 Å². The molecular formula is C22H25N3O. The maximum absolute atomic E-state index is 12.7. The van der Waals surface area contributed by atoms with E-state index in [0.717, 1.165) is 36.6 Å². The molecule has 1 aliphatic rings. The maximum atomic E-state index is 12.7. The van der Waals surface area contributed by atoms with Crippen molar-refractivity contribution in [2.24, 2.45) is 5.92 Å². The van der Waals surface area contributed by atoms with E-state index in [1.165, 1.54) is 17.5 Å². The predicted octanol–water partition coefficient (Wildman–Crippen LogP) is 4.91. The van der Waals surface area contributed by atoms with Crippen molar-refractivity contribution in [3.05, 3.63) is 59.7 Å². The zero-order valence-corrected chi connectivity index (χ0v) is 15.2. The average Bonchev–Trinajstić information content (AvgIpc) is 3.02. The molecule has 4 rings (SSSR count). The van der Waals surface area contributed by atoms with E-state index in [-0.39, 0.29) is 11.8 Å². The minimum atomic E-state index is 0.121. The number of nitrogens with one attached hydrogen (secondary N) is 1. The number of aromatic nitrogens is 2. The molecule has 0 radical (unpaired) electrons. The molecule has 0 bridgehead atoms. The highest BCUT2D eigenvalue weighted by molar-refractivity contribution is 6.00. The molecule has 1 amide bonds. The van der Waals surface area contributed by atoms with Crippen LogP contribution >= 0.6 is 0 Å². The molecule has 1 N–H and O–H groups in total. The summed E-state index contributed by atoms with van der Waals surface area (Å²) in [6.45, 7) is 2.78. The molecule has 0 saturated heterocycles. The summed E-state index contributed by atoms with van der Waals surface area (Å²) in [5.41, 5.74) is 3.50. The Morgan fingerprint density at radius 1 is 1.08 bits per heavy atom. The fourth-order valence-corrected chi connectivity index (χ4v) is 3.79. The van der Waals surface area contributed by atoms with Crippen LogP contribution in [-0.2, 0) is 11.3 Å². The maximum Gasteiger partial charge on any atom is 0.228 e. The van der Waals surface area contributed by atoms with E-state index < -0.39 is 0 Å². The standard InChI is InChI=1S/C22H25N3O/c1-16-11-13-17(14-12-16)15-25-20-10-6-5-9-19(20)21(24-25)23-22(26)18-7-3-2-4-8-18/h5-6,9-14,18H,2-4,7-8,15H2,1H3,(H,23,24,26). The Labute approximate surface area is 154 Å². The van der Waals surface area contributed by atoms with Crippen LogP contribution in [0.25, 0.3) is 10.9 Å². The largest absolute Gasteiger partial charge is 0.308 e. The number of amides is 1. The van der Waals surface area contributed by atoms with Gasteiger partial charge in [0.15, 0.2) is 5.82 Å². The van der Waals surface area contributed by atoms with Gasteiger partial charge in [0.2, 0.25) is 5.91 Å². The summed E-state index contributed by atoms with van der Waals surface area (Å²) in [7, 11) is 0. The lowest BCUT2D eigenvalue weighted by Crippen LogP contribution is -2.25. The number of carbonyl (C=O) groups is 1. The van der Waals surface area contributed by atoms with Gasteiger partial charge in [-0.3, -0.25) is 9.48 Å². The van der Waals surface area contributed by atoms with Crippen LogP contribution in [0, 0.1) is 12.8 Å². The van der Waals surface area contributed by atoms with Gasteiger partial charge in [-0.05, 0) is 37.5 Å².